The molecule has 1 aromatic carbocycles. The molecule has 138 valence electrons. The van der Waals surface area contributed by atoms with E-state index in [0.717, 1.165) is 43.0 Å². The number of rotatable bonds is 4. The average Bonchev–Trinajstić information content (AvgIpc) is 2.59. The molecule has 1 saturated heterocycles. The number of piperazine rings is 1. The van der Waals surface area contributed by atoms with Gasteiger partial charge in [0.1, 0.15) is 5.82 Å². The molecule has 0 unspecified atom stereocenters. The molecule has 26 heavy (non-hydrogen) atoms. The summed E-state index contributed by atoms with van der Waals surface area (Å²) in [5.41, 5.74) is 4.26. The second-order valence-electron chi connectivity index (χ2n) is 6.90. The quantitative estimate of drug-likeness (QED) is 0.856. The number of halogens is 1. The number of aryl methyl sites for hydroxylation is 3. The molecule has 0 saturated carbocycles. The van der Waals surface area contributed by atoms with Crippen molar-refractivity contribution >= 4 is 17.4 Å². The Hall–Kier alpha value is -2.47. The van der Waals surface area contributed by atoms with Gasteiger partial charge in [0.25, 0.3) is 0 Å². The van der Waals surface area contributed by atoms with Crippen molar-refractivity contribution < 1.29 is 9.18 Å². The second-order valence-corrected chi connectivity index (χ2v) is 6.90. The van der Waals surface area contributed by atoms with E-state index in [1.165, 1.54) is 11.6 Å². The lowest BCUT2D eigenvalue weighted by Gasteiger charge is -2.35. The van der Waals surface area contributed by atoms with E-state index in [9.17, 15) is 9.18 Å². The van der Waals surface area contributed by atoms with Gasteiger partial charge in [-0.2, -0.15) is 4.39 Å². The van der Waals surface area contributed by atoms with Crippen LogP contribution in [0.5, 0.6) is 0 Å². The smallest absolute Gasteiger partial charge is 0.238 e. The molecule has 0 radical (unpaired) electrons. The molecule has 0 atom stereocenters. The maximum absolute atomic E-state index is 13.3. The van der Waals surface area contributed by atoms with E-state index in [-0.39, 0.29) is 5.91 Å². The highest BCUT2D eigenvalue weighted by Gasteiger charge is 2.20. The fourth-order valence-corrected chi connectivity index (χ4v) is 3.47. The minimum absolute atomic E-state index is 0.00242. The number of aromatic nitrogens is 1. The number of carbonyl (C=O) groups is 1. The Morgan fingerprint density at radius 1 is 1.12 bits per heavy atom. The lowest BCUT2D eigenvalue weighted by Crippen LogP contribution is -2.49. The molecule has 1 fully saturated rings. The van der Waals surface area contributed by atoms with E-state index in [1.54, 1.807) is 6.07 Å². The van der Waals surface area contributed by atoms with Gasteiger partial charge in [-0.3, -0.25) is 9.69 Å². The molecular weight excluding hydrogens is 331 g/mol. The first-order valence-corrected chi connectivity index (χ1v) is 8.90. The number of hydrogen-bond acceptors (Lipinski definition) is 4. The molecule has 1 aliphatic rings. The van der Waals surface area contributed by atoms with Crippen LogP contribution in [0, 0.1) is 26.7 Å². The van der Waals surface area contributed by atoms with Crippen molar-refractivity contribution in [2.24, 2.45) is 0 Å². The second kappa shape index (κ2) is 7.83. The summed E-state index contributed by atoms with van der Waals surface area (Å²) < 4.78 is 13.3. The minimum atomic E-state index is -0.465. The molecule has 0 bridgehead atoms. The van der Waals surface area contributed by atoms with Gasteiger partial charge in [0.05, 0.1) is 6.54 Å². The van der Waals surface area contributed by atoms with Gasteiger partial charge < -0.3 is 10.2 Å². The van der Waals surface area contributed by atoms with E-state index in [4.69, 9.17) is 0 Å². The maximum atomic E-state index is 13.3. The van der Waals surface area contributed by atoms with Crippen LogP contribution in [0.25, 0.3) is 0 Å². The highest BCUT2D eigenvalue weighted by molar-refractivity contribution is 5.93. The van der Waals surface area contributed by atoms with E-state index in [2.05, 4.69) is 34.3 Å². The number of benzene rings is 1. The molecule has 0 aliphatic carbocycles. The van der Waals surface area contributed by atoms with Gasteiger partial charge in [0.2, 0.25) is 11.9 Å². The standard InChI is InChI=1S/C20H25FN4O/c1-14-11-15(2)20(16(3)12-14)23-19(26)13-24-7-9-25(10-8-24)18-6-4-5-17(21)22-18/h4-6,11-12H,7-10,13H2,1-3H3,(H,23,26). The lowest BCUT2D eigenvalue weighted by molar-refractivity contribution is -0.117. The number of amides is 1. The zero-order chi connectivity index (χ0) is 18.7. The first-order valence-electron chi connectivity index (χ1n) is 8.90. The molecular formula is C20H25FN4O. The fraction of sp³-hybridized carbons (Fsp3) is 0.400. The predicted molar refractivity (Wildman–Crippen MR) is 102 cm³/mol. The van der Waals surface area contributed by atoms with Crippen LogP contribution < -0.4 is 10.2 Å². The van der Waals surface area contributed by atoms with Crippen molar-refractivity contribution in [3.8, 4) is 0 Å². The molecule has 1 amide bonds. The topological polar surface area (TPSA) is 48.5 Å². The number of anilines is 2. The Morgan fingerprint density at radius 3 is 2.38 bits per heavy atom. The Labute approximate surface area is 153 Å². The van der Waals surface area contributed by atoms with E-state index < -0.39 is 5.95 Å². The summed E-state index contributed by atoms with van der Waals surface area (Å²) in [5, 5.41) is 3.05. The number of carbonyl (C=O) groups excluding carboxylic acids is 1. The van der Waals surface area contributed by atoms with Gasteiger partial charge in [0, 0.05) is 31.9 Å². The third-order valence-electron chi connectivity index (χ3n) is 4.71. The minimum Gasteiger partial charge on any atom is -0.354 e. The molecule has 0 spiro atoms. The number of nitrogens with one attached hydrogen (secondary N) is 1. The molecule has 5 nitrogen and oxygen atoms in total. The van der Waals surface area contributed by atoms with Crippen molar-refractivity contribution in [1.29, 1.82) is 0 Å². The summed E-state index contributed by atoms with van der Waals surface area (Å²) >= 11 is 0. The van der Waals surface area contributed by atoms with Crippen molar-refractivity contribution in [3.63, 3.8) is 0 Å². The molecule has 1 aliphatic heterocycles. The molecule has 1 N–H and O–H groups in total. The number of pyridine rings is 1. The molecule has 6 heteroatoms. The van der Waals surface area contributed by atoms with E-state index in [1.807, 2.05) is 24.8 Å². The Morgan fingerprint density at radius 2 is 1.77 bits per heavy atom. The van der Waals surface area contributed by atoms with Crippen LogP contribution in [-0.2, 0) is 4.79 Å². The van der Waals surface area contributed by atoms with E-state index in [0.29, 0.717) is 12.4 Å². The fourth-order valence-electron chi connectivity index (χ4n) is 3.47. The Kier molecular flexibility index (Phi) is 5.52. The average molecular weight is 356 g/mol. The van der Waals surface area contributed by atoms with Gasteiger partial charge in [0.15, 0.2) is 0 Å². The van der Waals surface area contributed by atoms with Crippen LogP contribution in [0.2, 0.25) is 0 Å². The normalized spacial score (nSPS) is 15.2. The molecule has 3 rings (SSSR count). The number of nitrogens with zero attached hydrogens (tertiary/aromatic N) is 3. The predicted octanol–water partition coefficient (Wildman–Crippen LogP) is 2.91. The van der Waals surface area contributed by atoms with Crippen LogP contribution >= 0.6 is 0 Å². The van der Waals surface area contributed by atoms with Crippen LogP contribution in [0.15, 0.2) is 30.3 Å². The summed E-state index contributed by atoms with van der Waals surface area (Å²) in [6.07, 6.45) is 0. The summed E-state index contributed by atoms with van der Waals surface area (Å²) in [6, 6.07) is 8.98. The highest BCUT2D eigenvalue weighted by atomic mass is 19.1. The molecule has 1 aromatic heterocycles. The zero-order valence-electron chi connectivity index (χ0n) is 15.6. The summed E-state index contributed by atoms with van der Waals surface area (Å²) in [4.78, 5) is 20.5. The first-order chi connectivity index (χ1) is 12.4. The van der Waals surface area contributed by atoms with Crippen molar-refractivity contribution in [2.45, 2.75) is 20.8 Å². The van der Waals surface area contributed by atoms with Crippen molar-refractivity contribution in [3.05, 3.63) is 53.0 Å². The van der Waals surface area contributed by atoms with Gasteiger partial charge in [-0.15, -0.1) is 0 Å². The van der Waals surface area contributed by atoms with E-state index >= 15 is 0 Å². The third-order valence-corrected chi connectivity index (χ3v) is 4.71. The largest absolute Gasteiger partial charge is 0.354 e. The van der Waals surface area contributed by atoms with Gasteiger partial charge in [-0.25, -0.2) is 4.98 Å². The van der Waals surface area contributed by atoms with Gasteiger partial charge in [-0.05, 0) is 44.0 Å². The maximum Gasteiger partial charge on any atom is 0.238 e. The van der Waals surface area contributed by atoms with Crippen molar-refractivity contribution in [1.82, 2.24) is 9.88 Å². The summed E-state index contributed by atoms with van der Waals surface area (Å²) in [5.74, 6) is 0.186. The van der Waals surface area contributed by atoms with Crippen LogP contribution in [0.4, 0.5) is 15.9 Å². The SMILES string of the molecule is Cc1cc(C)c(NC(=O)CN2CCN(c3cccc(F)n3)CC2)c(C)c1. The van der Waals surface area contributed by atoms with Gasteiger partial charge >= 0.3 is 0 Å². The summed E-state index contributed by atoms with van der Waals surface area (Å²) in [6.45, 7) is 9.39. The van der Waals surface area contributed by atoms with Gasteiger partial charge in [-0.1, -0.05) is 23.8 Å². The van der Waals surface area contributed by atoms with Crippen LogP contribution in [-0.4, -0.2) is 48.5 Å². The van der Waals surface area contributed by atoms with Crippen molar-refractivity contribution in [2.75, 3.05) is 42.9 Å². The summed E-state index contributed by atoms with van der Waals surface area (Å²) in [7, 11) is 0. The molecule has 2 aromatic rings. The first kappa shape index (κ1) is 18.3. The highest BCUT2D eigenvalue weighted by Crippen LogP contribution is 2.22. The monoisotopic (exact) mass is 356 g/mol. The lowest BCUT2D eigenvalue weighted by atomic mass is 10.1. The Bertz CT molecular complexity index is 777. The van der Waals surface area contributed by atoms with Crippen LogP contribution in [0.1, 0.15) is 16.7 Å². The van der Waals surface area contributed by atoms with Crippen LogP contribution in [0.3, 0.4) is 0 Å². The molecule has 2 heterocycles. The zero-order valence-corrected chi connectivity index (χ0v) is 15.6. The Balaban J connectivity index is 1.54. The number of hydrogen-bond donors (Lipinski definition) is 1. The third kappa shape index (κ3) is 4.38.